The normalized spacial score (nSPS) is 20.3. The Hall–Kier alpha value is -3.93. The Morgan fingerprint density at radius 2 is 1.32 bits per heavy atom. The van der Waals surface area contributed by atoms with Crippen LogP contribution >= 0.6 is 0 Å². The highest BCUT2D eigenvalue weighted by molar-refractivity contribution is 6.30. The molecule has 0 N–H and O–H groups in total. The number of anilines is 2. The first-order valence-corrected chi connectivity index (χ1v) is 10.1. The monoisotopic (exact) mass is 412 g/mol. The number of ketones is 1. The van der Waals surface area contributed by atoms with Crippen molar-refractivity contribution in [1.82, 2.24) is 0 Å². The van der Waals surface area contributed by atoms with E-state index in [2.05, 4.69) is 0 Å². The maximum atomic E-state index is 13.6. The number of amides is 3. The summed E-state index contributed by atoms with van der Waals surface area (Å²) in [6, 6.07) is 19.7. The molecule has 3 aromatic carbocycles. The highest BCUT2D eigenvalue weighted by atomic mass is 16.5. The SMILES string of the molecule is Cc1ccc(N2C(=O)[C@H]([C@H]3Oc4ccccc4C3=O)N(c3ccc(C)cc3)C2=O)cc1. The van der Waals surface area contributed by atoms with Gasteiger partial charge in [0.05, 0.1) is 11.3 Å². The van der Waals surface area contributed by atoms with Gasteiger partial charge in [-0.05, 0) is 50.2 Å². The molecule has 0 bridgehead atoms. The predicted molar refractivity (Wildman–Crippen MR) is 117 cm³/mol. The van der Waals surface area contributed by atoms with Gasteiger partial charge in [-0.25, -0.2) is 9.69 Å². The van der Waals surface area contributed by atoms with Crippen molar-refractivity contribution in [1.29, 1.82) is 0 Å². The van der Waals surface area contributed by atoms with E-state index >= 15 is 0 Å². The summed E-state index contributed by atoms with van der Waals surface area (Å²) in [6.45, 7) is 3.87. The summed E-state index contributed by atoms with van der Waals surface area (Å²) < 4.78 is 5.91. The Kier molecular flexibility index (Phi) is 4.36. The molecule has 2 heterocycles. The molecular formula is C25H20N2O4. The Balaban J connectivity index is 1.61. The highest BCUT2D eigenvalue weighted by Gasteiger charge is 2.55. The van der Waals surface area contributed by atoms with Crippen LogP contribution in [0.3, 0.4) is 0 Å². The third-order valence-corrected chi connectivity index (χ3v) is 5.70. The molecule has 0 unspecified atom stereocenters. The molecule has 1 saturated heterocycles. The molecular weight excluding hydrogens is 392 g/mol. The molecule has 1 fully saturated rings. The molecule has 31 heavy (non-hydrogen) atoms. The van der Waals surface area contributed by atoms with Crippen molar-refractivity contribution in [3.8, 4) is 5.75 Å². The lowest BCUT2D eigenvalue weighted by Crippen LogP contribution is -2.49. The number of nitrogens with zero attached hydrogens (tertiary/aromatic N) is 2. The maximum absolute atomic E-state index is 13.6. The first-order chi connectivity index (χ1) is 15.0. The summed E-state index contributed by atoms with van der Waals surface area (Å²) in [5.41, 5.74) is 3.46. The Morgan fingerprint density at radius 3 is 1.94 bits per heavy atom. The maximum Gasteiger partial charge on any atom is 0.336 e. The van der Waals surface area contributed by atoms with Gasteiger partial charge in [0.15, 0.2) is 12.1 Å². The first kappa shape index (κ1) is 19.1. The number of hydrogen-bond donors (Lipinski definition) is 0. The second-order valence-corrected chi connectivity index (χ2v) is 7.84. The van der Waals surface area contributed by atoms with Crippen molar-refractivity contribution in [2.75, 3.05) is 9.80 Å². The Morgan fingerprint density at radius 1 is 0.742 bits per heavy atom. The number of fused-ring (bicyclic) bond motifs is 1. The van der Waals surface area contributed by atoms with Gasteiger partial charge in [0.1, 0.15) is 5.75 Å². The molecule has 3 aromatic rings. The third-order valence-electron chi connectivity index (χ3n) is 5.70. The zero-order valence-corrected chi connectivity index (χ0v) is 17.1. The molecule has 0 aromatic heterocycles. The number of imide groups is 1. The lowest BCUT2D eigenvalue weighted by Gasteiger charge is -2.25. The van der Waals surface area contributed by atoms with E-state index < -0.39 is 24.1 Å². The van der Waals surface area contributed by atoms with E-state index in [-0.39, 0.29) is 5.78 Å². The van der Waals surface area contributed by atoms with E-state index in [9.17, 15) is 14.4 Å². The van der Waals surface area contributed by atoms with Crippen LogP contribution < -0.4 is 14.5 Å². The molecule has 0 radical (unpaired) electrons. The minimum absolute atomic E-state index is 0.301. The topological polar surface area (TPSA) is 66.9 Å². The number of rotatable bonds is 3. The standard InChI is InChI=1S/C25H20N2O4/c1-15-7-11-17(12-8-15)26-21(23-22(28)19-5-3-4-6-20(19)31-23)24(29)27(25(26)30)18-13-9-16(2)10-14-18/h3-14,21,23H,1-2H3/t21-,23+/m0/s1. The van der Waals surface area contributed by atoms with Gasteiger partial charge in [-0.3, -0.25) is 14.5 Å². The smallest absolute Gasteiger partial charge is 0.336 e. The van der Waals surface area contributed by atoms with Crippen LogP contribution in [-0.2, 0) is 4.79 Å². The molecule has 2 aliphatic heterocycles. The van der Waals surface area contributed by atoms with E-state index in [1.165, 1.54) is 4.90 Å². The number of para-hydroxylation sites is 1. The first-order valence-electron chi connectivity index (χ1n) is 10.1. The summed E-state index contributed by atoms with van der Waals surface area (Å²) in [7, 11) is 0. The number of urea groups is 1. The number of carbonyl (C=O) groups excluding carboxylic acids is 3. The average Bonchev–Trinajstić information content (AvgIpc) is 3.23. The summed E-state index contributed by atoms with van der Waals surface area (Å²) in [5.74, 6) is -0.361. The number of hydrogen-bond acceptors (Lipinski definition) is 4. The molecule has 0 aliphatic carbocycles. The molecule has 3 amide bonds. The lowest BCUT2D eigenvalue weighted by atomic mass is 10.0. The number of ether oxygens (including phenoxy) is 1. The number of benzene rings is 3. The largest absolute Gasteiger partial charge is 0.479 e. The lowest BCUT2D eigenvalue weighted by molar-refractivity contribution is -0.119. The molecule has 5 rings (SSSR count). The number of aryl methyl sites for hydroxylation is 2. The second-order valence-electron chi connectivity index (χ2n) is 7.84. The van der Waals surface area contributed by atoms with E-state index in [0.717, 1.165) is 16.0 Å². The van der Waals surface area contributed by atoms with Crippen LogP contribution in [0.15, 0.2) is 72.8 Å². The fourth-order valence-electron chi connectivity index (χ4n) is 4.06. The van der Waals surface area contributed by atoms with E-state index in [1.807, 2.05) is 38.1 Å². The summed E-state index contributed by atoms with van der Waals surface area (Å²) in [4.78, 5) is 42.7. The van der Waals surface area contributed by atoms with Crippen molar-refractivity contribution in [2.24, 2.45) is 0 Å². The van der Waals surface area contributed by atoms with Gasteiger partial charge >= 0.3 is 6.03 Å². The van der Waals surface area contributed by atoms with E-state index in [4.69, 9.17) is 4.74 Å². The van der Waals surface area contributed by atoms with Gasteiger partial charge in [0.25, 0.3) is 5.91 Å². The van der Waals surface area contributed by atoms with E-state index in [0.29, 0.717) is 22.7 Å². The Labute approximate surface area is 179 Å². The minimum atomic E-state index is -1.11. The summed E-state index contributed by atoms with van der Waals surface area (Å²) in [6.07, 6.45) is -1.11. The molecule has 154 valence electrons. The third kappa shape index (κ3) is 2.99. The van der Waals surface area contributed by atoms with Crippen molar-refractivity contribution in [3.63, 3.8) is 0 Å². The van der Waals surface area contributed by atoms with Crippen molar-refractivity contribution >= 4 is 29.1 Å². The number of Topliss-reactive ketones (excluding diaryl/α,β-unsaturated/α-hetero) is 1. The quantitative estimate of drug-likeness (QED) is 0.602. The van der Waals surface area contributed by atoms with Crippen LogP contribution in [0.4, 0.5) is 16.2 Å². The highest BCUT2D eigenvalue weighted by Crippen LogP contribution is 2.37. The molecule has 0 spiro atoms. The fourth-order valence-corrected chi connectivity index (χ4v) is 4.06. The Bertz CT molecular complexity index is 1200. The second kappa shape index (κ2) is 7.09. The van der Waals surface area contributed by atoms with Gasteiger partial charge < -0.3 is 4.74 Å². The van der Waals surface area contributed by atoms with Crippen molar-refractivity contribution in [3.05, 3.63) is 89.5 Å². The van der Waals surface area contributed by atoms with E-state index in [1.54, 1.807) is 48.5 Å². The predicted octanol–water partition coefficient (Wildman–Crippen LogP) is 4.29. The van der Waals surface area contributed by atoms with Gasteiger partial charge in [0, 0.05) is 5.69 Å². The number of carbonyl (C=O) groups is 3. The summed E-state index contributed by atoms with van der Waals surface area (Å²) >= 11 is 0. The minimum Gasteiger partial charge on any atom is -0.479 e. The summed E-state index contributed by atoms with van der Waals surface area (Å²) in [5, 5.41) is 0. The van der Waals surface area contributed by atoms with Gasteiger partial charge in [-0.15, -0.1) is 0 Å². The van der Waals surface area contributed by atoms with Crippen LogP contribution in [0.5, 0.6) is 5.75 Å². The zero-order valence-electron chi connectivity index (χ0n) is 17.1. The molecule has 6 heteroatoms. The van der Waals surface area contributed by atoms with Crippen molar-refractivity contribution < 1.29 is 19.1 Å². The zero-order chi connectivity index (χ0) is 21.7. The van der Waals surface area contributed by atoms with Gasteiger partial charge in [0.2, 0.25) is 5.78 Å². The van der Waals surface area contributed by atoms with Crippen LogP contribution in [0, 0.1) is 13.8 Å². The van der Waals surface area contributed by atoms with Gasteiger partial charge in [-0.2, -0.15) is 0 Å². The average molecular weight is 412 g/mol. The van der Waals surface area contributed by atoms with Crippen molar-refractivity contribution in [2.45, 2.75) is 26.0 Å². The van der Waals surface area contributed by atoms with Gasteiger partial charge in [-0.1, -0.05) is 47.5 Å². The molecule has 6 nitrogen and oxygen atoms in total. The van der Waals surface area contributed by atoms with Crippen LogP contribution in [0.1, 0.15) is 21.5 Å². The molecule has 0 saturated carbocycles. The molecule has 2 atom stereocenters. The van der Waals surface area contributed by atoms with Crippen LogP contribution in [0.2, 0.25) is 0 Å². The van der Waals surface area contributed by atoms with Crippen LogP contribution in [-0.4, -0.2) is 29.9 Å². The fraction of sp³-hybridized carbons (Fsp3) is 0.160. The molecule has 2 aliphatic rings. The van der Waals surface area contributed by atoms with Crippen LogP contribution in [0.25, 0.3) is 0 Å².